The minimum Gasteiger partial charge on any atom is -0.377 e. The maximum atomic E-state index is 12.6. The van der Waals surface area contributed by atoms with E-state index < -0.39 is 15.3 Å². The minimum absolute atomic E-state index is 0.281. The molecule has 7 heteroatoms. The van der Waals surface area contributed by atoms with Crippen LogP contribution in [0.25, 0.3) is 11.3 Å². The van der Waals surface area contributed by atoms with Crippen LogP contribution in [0.2, 0.25) is 0 Å². The van der Waals surface area contributed by atoms with Crippen molar-refractivity contribution < 1.29 is 13.2 Å². The Bertz CT molecular complexity index is 773. The van der Waals surface area contributed by atoms with Crippen LogP contribution in [-0.2, 0) is 14.8 Å². The van der Waals surface area contributed by atoms with Gasteiger partial charge in [0.05, 0.1) is 24.0 Å². The van der Waals surface area contributed by atoms with Gasteiger partial charge in [0.2, 0.25) is 10.0 Å². The van der Waals surface area contributed by atoms with Gasteiger partial charge in [-0.2, -0.15) is 0 Å². The number of hydrogen-bond donors (Lipinski definition) is 2. The lowest BCUT2D eigenvalue weighted by molar-refractivity contribution is 0.126. The zero-order chi connectivity index (χ0) is 17.2. The fraction of sp³-hybridized carbons (Fsp3) is 0.471. The van der Waals surface area contributed by atoms with Crippen LogP contribution in [0.3, 0.4) is 0 Å². The van der Waals surface area contributed by atoms with Crippen molar-refractivity contribution in [2.24, 2.45) is 0 Å². The molecule has 2 N–H and O–H groups in total. The zero-order valence-electron chi connectivity index (χ0n) is 13.9. The highest BCUT2D eigenvalue weighted by Gasteiger charge is 2.37. The van der Waals surface area contributed by atoms with Gasteiger partial charge in [0.1, 0.15) is 11.1 Å². The lowest BCUT2D eigenvalue weighted by Crippen LogP contribution is -2.40. The second-order valence-corrected chi connectivity index (χ2v) is 8.01. The van der Waals surface area contributed by atoms with E-state index in [9.17, 15) is 8.42 Å². The van der Waals surface area contributed by atoms with Crippen LogP contribution in [0.5, 0.6) is 0 Å². The van der Waals surface area contributed by atoms with Crippen LogP contribution in [0.1, 0.15) is 38.6 Å². The standard InChI is InChI=1S/C17H23N3O3S/c1-3-14(20-24(21,22)16-9-10-23-12(16)2)17-18-11-15(19-17)13-7-5-4-6-8-13/h4-8,11-12,14,16,20H,3,9-10H2,1-2H3,(H,18,19)/t12-,14+,16-/m1/s1. The largest absolute Gasteiger partial charge is 0.377 e. The van der Waals surface area contributed by atoms with Gasteiger partial charge in [-0.1, -0.05) is 37.3 Å². The number of rotatable bonds is 6. The van der Waals surface area contributed by atoms with Crippen molar-refractivity contribution in [3.05, 3.63) is 42.4 Å². The molecule has 1 aromatic carbocycles. The second kappa shape index (κ2) is 7.04. The molecule has 2 aromatic rings. The Labute approximate surface area is 142 Å². The Morgan fingerprint density at radius 1 is 1.38 bits per heavy atom. The molecule has 3 rings (SSSR count). The first-order valence-electron chi connectivity index (χ1n) is 8.24. The molecule has 0 spiro atoms. The van der Waals surface area contributed by atoms with E-state index in [2.05, 4.69) is 14.7 Å². The average Bonchev–Trinajstić information content (AvgIpc) is 3.23. The molecule has 0 amide bonds. The Morgan fingerprint density at radius 3 is 2.75 bits per heavy atom. The third-order valence-electron chi connectivity index (χ3n) is 4.43. The van der Waals surface area contributed by atoms with Crippen molar-refractivity contribution in [1.82, 2.24) is 14.7 Å². The molecular weight excluding hydrogens is 326 g/mol. The fourth-order valence-corrected chi connectivity index (χ4v) is 4.86. The van der Waals surface area contributed by atoms with Gasteiger partial charge in [0, 0.05) is 6.61 Å². The summed E-state index contributed by atoms with van der Waals surface area (Å²) in [4.78, 5) is 7.62. The molecule has 0 unspecified atom stereocenters. The van der Waals surface area contributed by atoms with Gasteiger partial charge in [-0.3, -0.25) is 0 Å². The first-order chi connectivity index (χ1) is 11.5. The SMILES string of the molecule is CC[C@H](NS(=O)(=O)[C@@H]1CCO[C@@H]1C)c1ncc(-c2ccccc2)[nH]1. The smallest absolute Gasteiger partial charge is 0.217 e. The molecule has 1 aromatic heterocycles. The van der Waals surface area contributed by atoms with Crippen LogP contribution in [0.4, 0.5) is 0 Å². The van der Waals surface area contributed by atoms with E-state index in [1.807, 2.05) is 37.3 Å². The molecule has 3 atom stereocenters. The molecule has 24 heavy (non-hydrogen) atoms. The lowest BCUT2D eigenvalue weighted by Gasteiger charge is -2.20. The third-order valence-corrected chi connectivity index (χ3v) is 6.46. The first kappa shape index (κ1) is 17.1. The van der Waals surface area contributed by atoms with Gasteiger partial charge in [-0.15, -0.1) is 0 Å². The molecule has 1 fully saturated rings. The predicted molar refractivity (Wildman–Crippen MR) is 92.9 cm³/mol. The van der Waals surface area contributed by atoms with E-state index in [1.165, 1.54) is 0 Å². The number of H-pyrrole nitrogens is 1. The van der Waals surface area contributed by atoms with Crippen molar-refractivity contribution in [1.29, 1.82) is 0 Å². The molecule has 1 saturated heterocycles. The van der Waals surface area contributed by atoms with Crippen molar-refractivity contribution in [3.8, 4) is 11.3 Å². The quantitative estimate of drug-likeness (QED) is 0.840. The summed E-state index contributed by atoms with van der Waals surface area (Å²) in [6.45, 7) is 4.23. The number of imidazole rings is 1. The summed E-state index contributed by atoms with van der Waals surface area (Å²) in [6, 6.07) is 9.46. The van der Waals surface area contributed by atoms with Crippen molar-refractivity contribution >= 4 is 10.0 Å². The molecule has 2 heterocycles. The van der Waals surface area contributed by atoms with Gasteiger partial charge in [-0.05, 0) is 25.3 Å². The van der Waals surface area contributed by atoms with E-state index in [-0.39, 0.29) is 12.1 Å². The molecule has 0 saturated carbocycles. The van der Waals surface area contributed by atoms with Gasteiger partial charge in [0.25, 0.3) is 0 Å². The highest BCUT2D eigenvalue weighted by Crippen LogP contribution is 2.25. The van der Waals surface area contributed by atoms with E-state index in [4.69, 9.17) is 4.74 Å². The maximum absolute atomic E-state index is 12.6. The summed E-state index contributed by atoms with van der Waals surface area (Å²) in [6.07, 6.45) is 2.60. The summed E-state index contributed by atoms with van der Waals surface area (Å²) >= 11 is 0. The number of aromatic amines is 1. The van der Waals surface area contributed by atoms with Crippen LogP contribution in [0, 0.1) is 0 Å². The number of nitrogens with one attached hydrogen (secondary N) is 2. The molecule has 0 bridgehead atoms. The van der Waals surface area contributed by atoms with Gasteiger partial charge >= 0.3 is 0 Å². The number of aromatic nitrogens is 2. The number of sulfonamides is 1. The normalized spacial score (nSPS) is 22.6. The number of benzene rings is 1. The summed E-state index contributed by atoms with van der Waals surface area (Å²) in [7, 11) is -3.46. The Balaban J connectivity index is 1.78. The Hall–Kier alpha value is -1.70. The highest BCUT2D eigenvalue weighted by molar-refractivity contribution is 7.90. The Morgan fingerprint density at radius 2 is 2.12 bits per heavy atom. The van der Waals surface area contributed by atoms with Gasteiger partial charge in [-0.25, -0.2) is 18.1 Å². The molecule has 0 aliphatic carbocycles. The first-order valence-corrected chi connectivity index (χ1v) is 9.79. The summed E-state index contributed by atoms with van der Waals surface area (Å²) in [5.74, 6) is 0.631. The number of hydrogen-bond acceptors (Lipinski definition) is 4. The molecule has 1 aliphatic heterocycles. The molecule has 130 valence electrons. The summed E-state index contributed by atoms with van der Waals surface area (Å²) in [5, 5.41) is -0.505. The van der Waals surface area contributed by atoms with Crippen molar-refractivity contribution in [3.63, 3.8) is 0 Å². The summed E-state index contributed by atoms with van der Waals surface area (Å²) < 4.78 is 33.4. The van der Waals surface area contributed by atoms with Crippen LogP contribution in [-0.4, -0.2) is 36.3 Å². The molecule has 0 radical (unpaired) electrons. The van der Waals surface area contributed by atoms with Gasteiger partial charge in [0.15, 0.2) is 0 Å². The van der Waals surface area contributed by atoms with E-state index >= 15 is 0 Å². The third kappa shape index (κ3) is 3.53. The highest BCUT2D eigenvalue weighted by atomic mass is 32.2. The van der Waals surface area contributed by atoms with Crippen LogP contribution >= 0.6 is 0 Å². The van der Waals surface area contributed by atoms with Crippen molar-refractivity contribution in [2.45, 2.75) is 44.1 Å². The second-order valence-electron chi connectivity index (χ2n) is 6.07. The van der Waals surface area contributed by atoms with Gasteiger partial charge < -0.3 is 9.72 Å². The lowest BCUT2D eigenvalue weighted by atomic mass is 10.2. The van der Waals surface area contributed by atoms with E-state index in [1.54, 1.807) is 13.1 Å². The van der Waals surface area contributed by atoms with Crippen LogP contribution in [0.15, 0.2) is 36.5 Å². The monoisotopic (exact) mass is 349 g/mol. The molecule has 6 nitrogen and oxygen atoms in total. The number of nitrogens with zero attached hydrogens (tertiary/aromatic N) is 1. The topological polar surface area (TPSA) is 84.1 Å². The van der Waals surface area contributed by atoms with Crippen LogP contribution < -0.4 is 4.72 Å². The Kier molecular flexibility index (Phi) is 5.03. The molecule has 1 aliphatic rings. The fourth-order valence-electron chi connectivity index (χ4n) is 3.02. The average molecular weight is 349 g/mol. The number of ether oxygens (including phenoxy) is 1. The predicted octanol–water partition coefficient (Wildman–Crippen LogP) is 2.62. The minimum atomic E-state index is -3.46. The zero-order valence-corrected chi connectivity index (χ0v) is 14.7. The molecular formula is C17H23N3O3S. The summed E-state index contributed by atoms with van der Waals surface area (Å²) in [5.41, 5.74) is 1.90. The van der Waals surface area contributed by atoms with Crippen molar-refractivity contribution in [2.75, 3.05) is 6.61 Å². The van der Waals surface area contributed by atoms with E-state index in [0.717, 1.165) is 11.3 Å². The maximum Gasteiger partial charge on any atom is 0.217 e. The van der Waals surface area contributed by atoms with E-state index in [0.29, 0.717) is 25.3 Å².